The van der Waals surface area contributed by atoms with Crippen molar-refractivity contribution in [1.29, 1.82) is 0 Å². The van der Waals surface area contributed by atoms with E-state index in [1.54, 1.807) is 0 Å². The van der Waals surface area contributed by atoms with Crippen LogP contribution in [0.2, 0.25) is 5.02 Å². The quantitative estimate of drug-likeness (QED) is 0.860. The lowest BCUT2D eigenvalue weighted by Gasteiger charge is -2.26. The Morgan fingerprint density at radius 2 is 2.17 bits per heavy atom. The minimum atomic E-state index is -0.777. The lowest BCUT2D eigenvalue weighted by atomic mass is 10.2. The van der Waals surface area contributed by atoms with Crippen LogP contribution < -0.4 is 0 Å². The fraction of sp³-hybridized carbons (Fsp3) is 0.462. The molecule has 0 amide bonds. The van der Waals surface area contributed by atoms with Crippen LogP contribution in [0.1, 0.15) is 25.8 Å². The maximum atomic E-state index is 10.6. The molecule has 0 unspecified atom stereocenters. The highest BCUT2D eigenvalue weighted by Gasteiger charge is 2.13. The van der Waals surface area contributed by atoms with Crippen LogP contribution in [-0.4, -0.2) is 28.6 Å². The van der Waals surface area contributed by atoms with Gasteiger partial charge in [0.2, 0.25) is 0 Å². The van der Waals surface area contributed by atoms with Gasteiger partial charge in [0.25, 0.3) is 0 Å². The van der Waals surface area contributed by atoms with E-state index < -0.39 is 5.97 Å². The van der Waals surface area contributed by atoms with Gasteiger partial charge in [-0.25, -0.2) is 0 Å². The van der Waals surface area contributed by atoms with E-state index in [1.165, 1.54) is 0 Å². The summed E-state index contributed by atoms with van der Waals surface area (Å²) in [5.74, 6) is -0.777. The third-order valence-electron chi connectivity index (χ3n) is 2.72. The van der Waals surface area contributed by atoms with Crippen molar-refractivity contribution in [2.45, 2.75) is 32.9 Å². The molecule has 0 saturated heterocycles. The summed E-state index contributed by atoms with van der Waals surface area (Å²) < 4.78 is 0.976. The molecule has 5 heteroatoms. The van der Waals surface area contributed by atoms with Crippen LogP contribution in [-0.2, 0) is 11.3 Å². The zero-order chi connectivity index (χ0) is 13.7. The molecule has 3 nitrogen and oxygen atoms in total. The zero-order valence-corrected chi connectivity index (χ0v) is 12.8. The number of hydrogen-bond donors (Lipinski definition) is 1. The second kappa shape index (κ2) is 7.12. The van der Waals surface area contributed by atoms with E-state index in [9.17, 15) is 4.79 Å². The van der Waals surface area contributed by atoms with Gasteiger partial charge in [0.15, 0.2) is 0 Å². The Labute approximate surface area is 121 Å². The molecule has 18 heavy (non-hydrogen) atoms. The molecule has 0 aromatic heterocycles. The molecule has 0 bridgehead atoms. The summed E-state index contributed by atoms with van der Waals surface area (Å²) in [7, 11) is 0. The van der Waals surface area contributed by atoms with E-state index in [2.05, 4.69) is 20.8 Å². The minimum Gasteiger partial charge on any atom is -0.481 e. The lowest BCUT2D eigenvalue weighted by Crippen LogP contribution is -2.32. The van der Waals surface area contributed by atoms with Gasteiger partial charge in [0.1, 0.15) is 0 Å². The van der Waals surface area contributed by atoms with Crippen LogP contribution in [0.4, 0.5) is 0 Å². The Bertz CT molecular complexity index is 423. The van der Waals surface area contributed by atoms with E-state index in [0.29, 0.717) is 18.1 Å². The molecule has 0 aliphatic carbocycles. The second-order valence-electron chi connectivity index (χ2n) is 4.44. The van der Waals surface area contributed by atoms with E-state index in [0.717, 1.165) is 10.0 Å². The molecule has 0 heterocycles. The SMILES string of the molecule is CC(C)N(CCC(=O)O)Cc1cc(Br)ccc1Cl. The molecular weight excluding hydrogens is 318 g/mol. The number of carboxylic acids is 1. The number of aliphatic carboxylic acids is 1. The molecule has 100 valence electrons. The van der Waals surface area contributed by atoms with Gasteiger partial charge in [0, 0.05) is 28.6 Å². The highest BCUT2D eigenvalue weighted by Crippen LogP contribution is 2.23. The number of hydrogen-bond acceptors (Lipinski definition) is 2. The lowest BCUT2D eigenvalue weighted by molar-refractivity contribution is -0.137. The summed E-state index contributed by atoms with van der Waals surface area (Å²) in [6, 6.07) is 5.98. The minimum absolute atomic E-state index is 0.143. The van der Waals surface area contributed by atoms with Gasteiger partial charge in [-0.05, 0) is 37.6 Å². The molecule has 1 N–H and O–H groups in total. The van der Waals surface area contributed by atoms with Gasteiger partial charge in [0.05, 0.1) is 6.42 Å². The van der Waals surface area contributed by atoms with Gasteiger partial charge in [-0.15, -0.1) is 0 Å². The van der Waals surface area contributed by atoms with Crippen molar-refractivity contribution in [3.05, 3.63) is 33.3 Å². The monoisotopic (exact) mass is 333 g/mol. The fourth-order valence-electron chi connectivity index (χ4n) is 1.64. The molecule has 0 atom stereocenters. The van der Waals surface area contributed by atoms with Gasteiger partial charge >= 0.3 is 5.97 Å². The van der Waals surface area contributed by atoms with Crippen molar-refractivity contribution in [3.63, 3.8) is 0 Å². The third-order valence-corrected chi connectivity index (χ3v) is 3.59. The maximum absolute atomic E-state index is 10.6. The molecule has 0 fully saturated rings. The average molecular weight is 335 g/mol. The summed E-state index contributed by atoms with van der Waals surface area (Å²) in [6.45, 7) is 5.28. The molecule has 0 aliphatic heterocycles. The van der Waals surface area contributed by atoms with Gasteiger partial charge < -0.3 is 5.11 Å². The van der Waals surface area contributed by atoms with E-state index in [1.807, 2.05) is 32.0 Å². The first-order chi connectivity index (χ1) is 8.40. The van der Waals surface area contributed by atoms with Gasteiger partial charge in [-0.3, -0.25) is 9.69 Å². The number of halogens is 2. The fourth-order valence-corrected chi connectivity index (χ4v) is 2.23. The second-order valence-corrected chi connectivity index (χ2v) is 5.77. The molecule has 0 radical (unpaired) electrons. The normalized spacial score (nSPS) is 11.2. The molecule has 0 spiro atoms. The van der Waals surface area contributed by atoms with Crippen molar-refractivity contribution < 1.29 is 9.90 Å². The first-order valence-corrected chi connectivity index (χ1v) is 6.97. The number of carbonyl (C=O) groups is 1. The summed E-state index contributed by atoms with van der Waals surface area (Å²) in [5.41, 5.74) is 1.00. The highest BCUT2D eigenvalue weighted by atomic mass is 79.9. The molecule has 1 aromatic rings. The molecular formula is C13H17BrClNO2. The number of carboxylic acid groups (broad SMARTS) is 1. The third kappa shape index (κ3) is 4.96. The van der Waals surface area contributed by atoms with E-state index in [4.69, 9.17) is 16.7 Å². The summed E-state index contributed by atoms with van der Waals surface area (Å²) in [6.07, 6.45) is 0.143. The largest absolute Gasteiger partial charge is 0.481 e. The Kier molecular flexibility index (Phi) is 6.12. The van der Waals surface area contributed by atoms with Crippen LogP contribution in [0.3, 0.4) is 0 Å². The standard InChI is InChI=1S/C13H17BrClNO2/c1-9(2)16(6-5-13(17)18)8-10-7-11(14)3-4-12(10)15/h3-4,7,9H,5-6,8H2,1-2H3,(H,17,18). The summed E-state index contributed by atoms with van der Waals surface area (Å²) in [5, 5.41) is 9.46. The Balaban J connectivity index is 2.76. The smallest absolute Gasteiger partial charge is 0.304 e. The van der Waals surface area contributed by atoms with Crippen molar-refractivity contribution in [3.8, 4) is 0 Å². The first kappa shape index (κ1) is 15.5. The summed E-state index contributed by atoms with van der Waals surface area (Å²) in [4.78, 5) is 12.7. The van der Waals surface area contributed by atoms with Crippen LogP contribution in [0.5, 0.6) is 0 Å². The van der Waals surface area contributed by atoms with E-state index >= 15 is 0 Å². The van der Waals surface area contributed by atoms with E-state index in [-0.39, 0.29) is 12.5 Å². The Morgan fingerprint density at radius 3 is 2.72 bits per heavy atom. The van der Waals surface area contributed by atoms with Crippen LogP contribution in [0.25, 0.3) is 0 Å². The topological polar surface area (TPSA) is 40.5 Å². The van der Waals surface area contributed by atoms with Crippen molar-refractivity contribution >= 4 is 33.5 Å². The maximum Gasteiger partial charge on any atom is 0.304 e. The first-order valence-electron chi connectivity index (χ1n) is 5.80. The summed E-state index contributed by atoms with van der Waals surface area (Å²) >= 11 is 9.56. The molecule has 1 rings (SSSR count). The average Bonchev–Trinajstić information content (AvgIpc) is 2.28. The number of rotatable bonds is 6. The Hall–Kier alpha value is -0.580. The predicted molar refractivity (Wildman–Crippen MR) is 77.0 cm³/mol. The molecule has 0 aliphatic rings. The van der Waals surface area contributed by atoms with Crippen molar-refractivity contribution in [2.75, 3.05) is 6.54 Å². The van der Waals surface area contributed by atoms with Crippen LogP contribution in [0, 0.1) is 0 Å². The van der Waals surface area contributed by atoms with Crippen molar-refractivity contribution in [2.24, 2.45) is 0 Å². The number of benzene rings is 1. The molecule has 0 saturated carbocycles. The van der Waals surface area contributed by atoms with Crippen molar-refractivity contribution in [1.82, 2.24) is 4.90 Å². The van der Waals surface area contributed by atoms with Gasteiger partial charge in [-0.1, -0.05) is 27.5 Å². The predicted octanol–water partition coefficient (Wildman–Crippen LogP) is 3.79. The Morgan fingerprint density at radius 1 is 1.50 bits per heavy atom. The highest BCUT2D eigenvalue weighted by molar-refractivity contribution is 9.10. The van der Waals surface area contributed by atoms with Crippen LogP contribution >= 0.6 is 27.5 Å². The van der Waals surface area contributed by atoms with Gasteiger partial charge in [-0.2, -0.15) is 0 Å². The molecule has 1 aromatic carbocycles. The zero-order valence-electron chi connectivity index (χ0n) is 10.5. The van der Waals surface area contributed by atoms with Crippen LogP contribution in [0.15, 0.2) is 22.7 Å². The number of nitrogens with zero attached hydrogens (tertiary/aromatic N) is 1.